The maximum Gasteiger partial charge on any atom is 0.188 e. The van der Waals surface area contributed by atoms with Gasteiger partial charge in [-0.15, -0.1) is 0 Å². The molecule has 1 unspecified atom stereocenters. The van der Waals surface area contributed by atoms with Crippen molar-refractivity contribution in [1.29, 1.82) is 0 Å². The Hall–Kier alpha value is -1.82. The van der Waals surface area contributed by atoms with Gasteiger partial charge in [0, 0.05) is 15.2 Å². The molecule has 2 rings (SSSR count). The molecule has 2 aromatic carbocycles. The van der Waals surface area contributed by atoms with Crippen LogP contribution in [0.3, 0.4) is 0 Å². The summed E-state index contributed by atoms with van der Waals surface area (Å²) in [4.78, 5) is 0. The number of hydrogen-bond acceptors (Lipinski definition) is 4. The van der Waals surface area contributed by atoms with Gasteiger partial charge in [0.15, 0.2) is 6.79 Å². The van der Waals surface area contributed by atoms with Crippen LogP contribution in [-0.4, -0.2) is 34.2 Å². The fourth-order valence-corrected chi connectivity index (χ4v) is 4.20. The minimum atomic E-state index is -1.34. The summed E-state index contributed by atoms with van der Waals surface area (Å²) in [6, 6.07) is 14.4. The lowest BCUT2D eigenvalue weighted by Gasteiger charge is -2.22. The van der Waals surface area contributed by atoms with Crippen molar-refractivity contribution in [3.05, 3.63) is 59.2 Å². The Morgan fingerprint density at radius 3 is 2.16 bits per heavy atom. The van der Waals surface area contributed by atoms with Gasteiger partial charge in [-0.3, -0.25) is 0 Å². The molecule has 0 aromatic heterocycles. The molecular formula is C20H28O4Si. The minimum absolute atomic E-state index is 0.209. The Morgan fingerprint density at radius 2 is 1.60 bits per heavy atom. The third kappa shape index (κ3) is 5.59. The standard InChI is InChI=1S/C20H28O4Si/c1-22-14-24-17-8-6-15(7-9-17)20(21)19-11-10-18(23-2)12-16(19)13-25(3,4)5/h6-12,20-21H,13-14H2,1-5H3. The Labute approximate surface area is 151 Å². The molecule has 0 aliphatic carbocycles. The molecule has 136 valence electrons. The summed E-state index contributed by atoms with van der Waals surface area (Å²) in [7, 11) is 1.92. The predicted molar refractivity (Wildman–Crippen MR) is 103 cm³/mol. The van der Waals surface area contributed by atoms with Crippen molar-refractivity contribution in [2.45, 2.75) is 31.8 Å². The zero-order chi connectivity index (χ0) is 18.4. The van der Waals surface area contributed by atoms with Gasteiger partial charge in [0.2, 0.25) is 0 Å². The van der Waals surface area contributed by atoms with Crippen LogP contribution in [-0.2, 0) is 10.8 Å². The van der Waals surface area contributed by atoms with Crippen molar-refractivity contribution in [3.63, 3.8) is 0 Å². The Morgan fingerprint density at radius 1 is 0.960 bits per heavy atom. The van der Waals surface area contributed by atoms with E-state index < -0.39 is 14.2 Å². The SMILES string of the molecule is COCOc1ccc(C(O)c2ccc(OC)cc2C[Si](C)(C)C)cc1. The number of ether oxygens (including phenoxy) is 3. The van der Waals surface area contributed by atoms with Crippen LogP contribution >= 0.6 is 0 Å². The van der Waals surface area contributed by atoms with Gasteiger partial charge in [-0.2, -0.15) is 0 Å². The zero-order valence-electron chi connectivity index (χ0n) is 15.7. The summed E-state index contributed by atoms with van der Waals surface area (Å²) in [5.41, 5.74) is 2.94. The summed E-state index contributed by atoms with van der Waals surface area (Å²) >= 11 is 0. The minimum Gasteiger partial charge on any atom is -0.497 e. The molecule has 0 bridgehead atoms. The molecule has 0 aliphatic rings. The highest BCUT2D eigenvalue weighted by Gasteiger charge is 2.21. The van der Waals surface area contributed by atoms with Gasteiger partial charge in [-0.1, -0.05) is 37.8 Å². The van der Waals surface area contributed by atoms with E-state index in [9.17, 15) is 5.11 Å². The lowest BCUT2D eigenvalue weighted by Crippen LogP contribution is -2.25. The predicted octanol–water partition coefficient (Wildman–Crippen LogP) is 4.18. The number of hydrogen-bond donors (Lipinski definition) is 1. The van der Waals surface area contributed by atoms with Crippen LogP contribution in [0.5, 0.6) is 11.5 Å². The average Bonchev–Trinajstić information content (AvgIpc) is 2.58. The molecule has 4 nitrogen and oxygen atoms in total. The second-order valence-corrected chi connectivity index (χ2v) is 12.8. The maximum atomic E-state index is 10.9. The molecule has 0 saturated carbocycles. The fourth-order valence-electron chi connectivity index (χ4n) is 2.75. The van der Waals surface area contributed by atoms with Crippen molar-refractivity contribution < 1.29 is 19.3 Å². The molecule has 2 aromatic rings. The summed E-state index contributed by atoms with van der Waals surface area (Å²) in [6.45, 7) is 7.18. The second kappa shape index (κ2) is 8.51. The van der Waals surface area contributed by atoms with Gasteiger partial charge in [0.25, 0.3) is 0 Å². The number of methoxy groups -OCH3 is 2. The normalized spacial score (nSPS) is 12.7. The molecule has 5 heteroatoms. The molecule has 0 spiro atoms. The van der Waals surface area contributed by atoms with E-state index in [1.807, 2.05) is 42.5 Å². The topological polar surface area (TPSA) is 47.9 Å². The molecule has 0 aliphatic heterocycles. The summed E-state index contributed by atoms with van der Waals surface area (Å²) < 4.78 is 15.7. The van der Waals surface area contributed by atoms with Crippen LogP contribution in [0.4, 0.5) is 0 Å². The molecule has 0 amide bonds. The quantitative estimate of drug-likeness (QED) is 0.567. The highest BCUT2D eigenvalue weighted by molar-refractivity contribution is 6.75. The fraction of sp³-hybridized carbons (Fsp3) is 0.400. The second-order valence-electron chi connectivity index (χ2n) is 7.32. The van der Waals surface area contributed by atoms with E-state index in [1.54, 1.807) is 14.2 Å². The van der Waals surface area contributed by atoms with E-state index in [0.29, 0.717) is 0 Å². The van der Waals surface area contributed by atoms with Gasteiger partial charge in [0.1, 0.15) is 17.6 Å². The van der Waals surface area contributed by atoms with Crippen molar-refractivity contribution >= 4 is 8.07 Å². The zero-order valence-corrected chi connectivity index (χ0v) is 16.7. The first-order valence-electron chi connectivity index (χ1n) is 8.40. The highest BCUT2D eigenvalue weighted by Crippen LogP contribution is 2.30. The van der Waals surface area contributed by atoms with Gasteiger partial charge in [-0.05, 0) is 47.0 Å². The molecular weight excluding hydrogens is 332 g/mol. The van der Waals surface area contributed by atoms with Crippen LogP contribution in [0.2, 0.25) is 19.6 Å². The van der Waals surface area contributed by atoms with Gasteiger partial charge >= 0.3 is 0 Å². The van der Waals surface area contributed by atoms with E-state index >= 15 is 0 Å². The van der Waals surface area contributed by atoms with E-state index in [2.05, 4.69) is 19.6 Å². The molecule has 1 atom stereocenters. The lowest BCUT2D eigenvalue weighted by molar-refractivity contribution is 0.0511. The van der Waals surface area contributed by atoms with Gasteiger partial charge < -0.3 is 19.3 Å². The molecule has 0 heterocycles. The van der Waals surface area contributed by atoms with Gasteiger partial charge in [0.05, 0.1) is 7.11 Å². The van der Waals surface area contributed by atoms with E-state index in [1.165, 1.54) is 0 Å². The molecule has 0 radical (unpaired) electrons. The smallest absolute Gasteiger partial charge is 0.188 e. The van der Waals surface area contributed by atoms with Crippen LogP contribution in [0.1, 0.15) is 22.8 Å². The van der Waals surface area contributed by atoms with Crippen molar-refractivity contribution in [2.24, 2.45) is 0 Å². The van der Waals surface area contributed by atoms with Crippen molar-refractivity contribution in [2.75, 3.05) is 21.0 Å². The Kier molecular flexibility index (Phi) is 6.64. The third-order valence-corrected chi connectivity index (χ3v) is 5.35. The van der Waals surface area contributed by atoms with Gasteiger partial charge in [-0.25, -0.2) is 0 Å². The summed E-state index contributed by atoms with van der Waals surface area (Å²) in [6.07, 6.45) is -0.672. The number of aliphatic hydroxyl groups excluding tert-OH is 1. The van der Waals surface area contributed by atoms with E-state index in [4.69, 9.17) is 14.2 Å². The first-order chi connectivity index (χ1) is 11.8. The largest absolute Gasteiger partial charge is 0.497 e. The third-order valence-electron chi connectivity index (χ3n) is 3.90. The number of aliphatic hydroxyl groups is 1. The van der Waals surface area contributed by atoms with Crippen LogP contribution in [0, 0.1) is 0 Å². The van der Waals surface area contributed by atoms with Crippen molar-refractivity contribution in [3.8, 4) is 11.5 Å². The first-order valence-corrected chi connectivity index (χ1v) is 12.1. The summed E-state index contributed by atoms with van der Waals surface area (Å²) in [5, 5.41) is 10.9. The first kappa shape index (κ1) is 19.5. The van der Waals surface area contributed by atoms with Crippen LogP contribution in [0.25, 0.3) is 0 Å². The Bertz CT molecular complexity index is 677. The van der Waals surface area contributed by atoms with Crippen molar-refractivity contribution in [1.82, 2.24) is 0 Å². The molecule has 0 saturated heterocycles. The lowest BCUT2D eigenvalue weighted by atomic mass is 9.97. The molecule has 0 fully saturated rings. The monoisotopic (exact) mass is 360 g/mol. The number of rotatable bonds is 8. The average molecular weight is 361 g/mol. The maximum absolute atomic E-state index is 10.9. The van der Waals surface area contributed by atoms with Crippen LogP contribution in [0.15, 0.2) is 42.5 Å². The number of benzene rings is 2. The highest BCUT2D eigenvalue weighted by atomic mass is 28.3. The molecule has 1 N–H and O–H groups in total. The van der Waals surface area contributed by atoms with Crippen LogP contribution < -0.4 is 9.47 Å². The van der Waals surface area contributed by atoms with E-state index in [-0.39, 0.29) is 6.79 Å². The Balaban J connectivity index is 2.29. The summed E-state index contributed by atoms with van der Waals surface area (Å²) in [5.74, 6) is 1.54. The molecule has 25 heavy (non-hydrogen) atoms. The van der Waals surface area contributed by atoms with E-state index in [0.717, 1.165) is 34.2 Å².